The van der Waals surface area contributed by atoms with Crippen LogP contribution in [-0.4, -0.2) is 70.2 Å². The molecule has 4 fully saturated rings. The second-order valence-corrected chi connectivity index (χ2v) is 10.2. The summed E-state index contributed by atoms with van der Waals surface area (Å²) in [5, 5.41) is 12.5. The molecule has 3 saturated heterocycles. The summed E-state index contributed by atoms with van der Waals surface area (Å²) in [5.41, 5.74) is -3.96. The van der Waals surface area contributed by atoms with Crippen molar-refractivity contribution in [2.45, 2.75) is 76.8 Å². The van der Waals surface area contributed by atoms with E-state index < -0.39 is 46.0 Å². The van der Waals surface area contributed by atoms with Gasteiger partial charge in [-0.15, -0.1) is 0 Å². The number of nitrogens with one attached hydrogen (secondary N) is 1. The Bertz CT molecular complexity index is 692. The lowest BCUT2D eigenvalue weighted by atomic mass is 9.54. The van der Waals surface area contributed by atoms with Crippen LogP contribution in [-0.2, 0) is 19.0 Å². The minimum Gasteiger partial charge on any atom is -0.481 e. The molecule has 9 nitrogen and oxygen atoms in total. The molecule has 0 radical (unpaired) electrons. The van der Waals surface area contributed by atoms with Gasteiger partial charge in [-0.25, -0.2) is 9.59 Å². The molecule has 28 heavy (non-hydrogen) atoms. The highest BCUT2D eigenvalue weighted by Crippen LogP contribution is 2.68. The maximum Gasteiger partial charge on any atom is 0.410 e. The summed E-state index contributed by atoms with van der Waals surface area (Å²) in [7, 11) is 0. The smallest absolute Gasteiger partial charge is 0.410 e. The van der Waals surface area contributed by atoms with Crippen LogP contribution in [0.3, 0.4) is 0 Å². The Balaban J connectivity index is 1.63. The quantitative estimate of drug-likeness (QED) is 0.748. The van der Waals surface area contributed by atoms with Gasteiger partial charge < -0.3 is 29.5 Å². The van der Waals surface area contributed by atoms with E-state index in [1.807, 2.05) is 0 Å². The number of carbonyl (C=O) groups excluding carboxylic acids is 2. The Morgan fingerprint density at radius 3 is 2.04 bits per heavy atom. The third-order valence-electron chi connectivity index (χ3n) is 5.44. The molecule has 9 heteroatoms. The maximum absolute atomic E-state index is 12.2. The van der Waals surface area contributed by atoms with Crippen LogP contribution in [0.5, 0.6) is 0 Å². The van der Waals surface area contributed by atoms with E-state index in [-0.39, 0.29) is 19.6 Å². The van der Waals surface area contributed by atoms with E-state index in [1.165, 1.54) is 4.90 Å². The number of alkyl carbamates (subject to hydrolysis) is 1. The van der Waals surface area contributed by atoms with Gasteiger partial charge in [-0.2, -0.15) is 0 Å². The third kappa shape index (κ3) is 3.40. The topological polar surface area (TPSA) is 114 Å². The Morgan fingerprint density at radius 2 is 1.57 bits per heavy atom. The van der Waals surface area contributed by atoms with Crippen LogP contribution in [0.2, 0.25) is 0 Å². The first-order valence-electron chi connectivity index (χ1n) is 9.50. The van der Waals surface area contributed by atoms with Crippen LogP contribution in [0.25, 0.3) is 0 Å². The molecule has 0 aromatic carbocycles. The lowest BCUT2D eigenvalue weighted by Gasteiger charge is -2.52. The van der Waals surface area contributed by atoms with Crippen LogP contribution in [0, 0.1) is 5.41 Å². The monoisotopic (exact) mass is 398 g/mol. The van der Waals surface area contributed by atoms with Gasteiger partial charge in [0.1, 0.15) is 22.2 Å². The number of carbonyl (C=O) groups is 3. The fraction of sp³-hybridized carbons (Fsp3) is 0.842. The molecule has 2 N–H and O–H groups in total. The average molecular weight is 398 g/mol. The SMILES string of the molecule is CC(C)(C)OC(=O)NCC12CC(C(=O)O)(C1)C1(CN(C(=O)OC(C)(C)C)C1)O2. The number of likely N-dealkylation sites (tertiary alicyclic amines) is 1. The van der Waals surface area contributed by atoms with Crippen molar-refractivity contribution in [3.8, 4) is 0 Å². The van der Waals surface area contributed by atoms with Crippen LogP contribution in [0.4, 0.5) is 9.59 Å². The molecule has 0 unspecified atom stereocenters. The largest absolute Gasteiger partial charge is 0.481 e. The minimum absolute atomic E-state index is 0.169. The summed E-state index contributed by atoms with van der Waals surface area (Å²) in [6.45, 7) is 11.1. The van der Waals surface area contributed by atoms with Gasteiger partial charge in [0.15, 0.2) is 0 Å². The molecule has 3 heterocycles. The first-order valence-corrected chi connectivity index (χ1v) is 9.50. The molecular formula is C19H30N2O7. The summed E-state index contributed by atoms with van der Waals surface area (Å²) in [5.74, 6) is -0.929. The highest BCUT2D eigenvalue weighted by Gasteiger charge is 2.81. The first kappa shape index (κ1) is 20.7. The molecule has 0 aromatic heterocycles. The Labute approximate surface area is 164 Å². The Kier molecular flexibility index (Phi) is 4.42. The number of hydrogen-bond acceptors (Lipinski definition) is 6. The van der Waals surface area contributed by atoms with Crippen LogP contribution >= 0.6 is 0 Å². The average Bonchev–Trinajstić information content (AvgIpc) is 2.86. The Hall–Kier alpha value is -2.03. The van der Waals surface area contributed by atoms with E-state index in [1.54, 1.807) is 41.5 Å². The van der Waals surface area contributed by atoms with Gasteiger partial charge in [0, 0.05) is 0 Å². The predicted molar refractivity (Wildman–Crippen MR) is 97.9 cm³/mol. The summed E-state index contributed by atoms with van der Waals surface area (Å²) >= 11 is 0. The number of amides is 2. The van der Waals surface area contributed by atoms with Gasteiger partial charge in [0.25, 0.3) is 0 Å². The number of carboxylic acids is 1. The molecule has 0 aromatic rings. The van der Waals surface area contributed by atoms with Gasteiger partial charge in [-0.05, 0) is 54.4 Å². The van der Waals surface area contributed by atoms with E-state index in [4.69, 9.17) is 14.2 Å². The number of nitrogens with zero attached hydrogens (tertiary/aromatic N) is 1. The highest BCUT2D eigenvalue weighted by molar-refractivity contribution is 5.82. The molecule has 0 atom stereocenters. The number of hydrogen-bond donors (Lipinski definition) is 2. The normalized spacial score (nSPS) is 30.3. The van der Waals surface area contributed by atoms with Crippen molar-refractivity contribution in [1.82, 2.24) is 10.2 Å². The second kappa shape index (κ2) is 5.98. The highest BCUT2D eigenvalue weighted by atomic mass is 16.6. The van der Waals surface area contributed by atoms with Crippen molar-refractivity contribution in [3.63, 3.8) is 0 Å². The molecule has 4 rings (SSSR count). The number of rotatable bonds is 3. The zero-order valence-corrected chi connectivity index (χ0v) is 17.4. The van der Waals surface area contributed by atoms with Gasteiger partial charge >= 0.3 is 18.2 Å². The van der Waals surface area contributed by atoms with Crippen LogP contribution in [0.1, 0.15) is 54.4 Å². The number of carboxylic acid groups (broad SMARTS) is 1. The molecule has 1 spiro atoms. The van der Waals surface area contributed by atoms with E-state index in [9.17, 15) is 19.5 Å². The molecule has 2 amide bonds. The zero-order chi connectivity index (χ0) is 21.2. The number of ether oxygens (including phenoxy) is 3. The molecule has 1 aliphatic carbocycles. The molecule has 158 valence electrons. The van der Waals surface area contributed by atoms with Crippen molar-refractivity contribution in [2.75, 3.05) is 19.6 Å². The third-order valence-corrected chi connectivity index (χ3v) is 5.44. The summed E-state index contributed by atoms with van der Waals surface area (Å²) in [4.78, 5) is 37.6. The second-order valence-electron chi connectivity index (χ2n) is 10.2. The van der Waals surface area contributed by atoms with Gasteiger partial charge in [-0.1, -0.05) is 0 Å². The molecule has 2 bridgehead atoms. The van der Waals surface area contributed by atoms with Crippen molar-refractivity contribution < 1.29 is 33.7 Å². The molecular weight excluding hydrogens is 368 g/mol. The fourth-order valence-corrected chi connectivity index (χ4v) is 4.40. The summed E-state index contributed by atoms with van der Waals surface area (Å²) in [6.07, 6.45) is -0.448. The molecule has 3 aliphatic heterocycles. The van der Waals surface area contributed by atoms with Crippen LogP contribution < -0.4 is 5.32 Å². The van der Waals surface area contributed by atoms with E-state index in [2.05, 4.69) is 5.32 Å². The zero-order valence-electron chi connectivity index (χ0n) is 17.4. The van der Waals surface area contributed by atoms with Crippen molar-refractivity contribution in [2.24, 2.45) is 5.41 Å². The minimum atomic E-state index is -1.04. The van der Waals surface area contributed by atoms with Gasteiger partial charge in [0.2, 0.25) is 0 Å². The van der Waals surface area contributed by atoms with Crippen molar-refractivity contribution >= 4 is 18.2 Å². The van der Waals surface area contributed by atoms with Gasteiger partial charge in [0.05, 0.1) is 25.2 Å². The molecule has 4 aliphatic rings. The predicted octanol–water partition coefficient (Wildman–Crippen LogP) is 2.13. The van der Waals surface area contributed by atoms with Gasteiger partial charge in [-0.3, -0.25) is 4.79 Å². The van der Waals surface area contributed by atoms with E-state index >= 15 is 0 Å². The fourth-order valence-electron chi connectivity index (χ4n) is 4.40. The first-order chi connectivity index (χ1) is 12.6. The number of aliphatic carboxylic acids is 1. The summed E-state index contributed by atoms with van der Waals surface area (Å²) in [6, 6.07) is 0. The van der Waals surface area contributed by atoms with Crippen molar-refractivity contribution in [1.29, 1.82) is 0 Å². The maximum atomic E-state index is 12.2. The lowest BCUT2D eigenvalue weighted by molar-refractivity contribution is -0.172. The standard InChI is InChI=1S/C19H30N2O7/c1-15(2,3)26-13(24)20-9-17-7-18(8-17,12(22)23)19(28-17)10-21(11-19)14(25)27-16(4,5)6/h7-11H2,1-6H3,(H,20,24)(H,22,23). The van der Waals surface area contributed by atoms with Crippen LogP contribution in [0.15, 0.2) is 0 Å². The molecule has 1 saturated carbocycles. The van der Waals surface area contributed by atoms with E-state index in [0.717, 1.165) is 0 Å². The van der Waals surface area contributed by atoms with Crippen molar-refractivity contribution in [3.05, 3.63) is 0 Å². The summed E-state index contributed by atoms with van der Waals surface area (Å²) < 4.78 is 16.8. The Morgan fingerprint density at radius 1 is 1.04 bits per heavy atom. The lowest BCUT2D eigenvalue weighted by Crippen LogP contribution is -2.71. The van der Waals surface area contributed by atoms with E-state index in [0.29, 0.717) is 12.8 Å².